The Balaban J connectivity index is 2.38. The average Bonchev–Trinajstić information content (AvgIpc) is 3.09. The Hall–Kier alpha value is -0.610. The summed E-state index contributed by atoms with van der Waals surface area (Å²) < 4.78 is 0. The van der Waals surface area contributed by atoms with Gasteiger partial charge in [-0.1, -0.05) is 20.3 Å². The van der Waals surface area contributed by atoms with Crippen molar-refractivity contribution in [2.45, 2.75) is 58.0 Å². The minimum absolute atomic E-state index is 0.422. The van der Waals surface area contributed by atoms with Crippen molar-refractivity contribution in [1.29, 1.82) is 0 Å². The van der Waals surface area contributed by atoms with Gasteiger partial charge in [-0.05, 0) is 39.2 Å². The van der Waals surface area contributed by atoms with Crippen LogP contribution in [0.15, 0.2) is 0 Å². The largest absolute Gasteiger partial charge is 0.480 e. The van der Waals surface area contributed by atoms with Crippen LogP contribution in [0.2, 0.25) is 0 Å². The topological polar surface area (TPSA) is 52.6 Å². The van der Waals surface area contributed by atoms with Crippen LogP contribution < -0.4 is 5.32 Å². The molecule has 0 heterocycles. The second kappa shape index (κ2) is 6.53. The molecular weight excluding hydrogens is 228 g/mol. The predicted molar refractivity (Wildman–Crippen MR) is 73.8 cm³/mol. The lowest BCUT2D eigenvalue weighted by molar-refractivity contribution is -0.144. The summed E-state index contributed by atoms with van der Waals surface area (Å²) in [7, 11) is 2.07. The minimum Gasteiger partial charge on any atom is -0.480 e. The Morgan fingerprint density at radius 2 is 2.17 bits per heavy atom. The highest BCUT2D eigenvalue weighted by molar-refractivity contribution is 5.78. The summed E-state index contributed by atoms with van der Waals surface area (Å²) in [4.78, 5) is 13.6. The van der Waals surface area contributed by atoms with Crippen LogP contribution in [0.3, 0.4) is 0 Å². The molecule has 18 heavy (non-hydrogen) atoms. The van der Waals surface area contributed by atoms with Crippen LogP contribution in [0.1, 0.15) is 46.5 Å². The van der Waals surface area contributed by atoms with Gasteiger partial charge in [0.05, 0.1) is 0 Å². The standard InChI is InChI=1S/C14H28N2O2/c1-5-11(2)10-16(4)9-8-14(3,13(17)18)15-12-6-7-12/h11-12,15H,5-10H2,1-4H3,(H,17,18). The normalized spacial score (nSPS) is 20.7. The molecule has 1 fully saturated rings. The van der Waals surface area contributed by atoms with Gasteiger partial charge in [0, 0.05) is 19.1 Å². The Morgan fingerprint density at radius 3 is 2.61 bits per heavy atom. The van der Waals surface area contributed by atoms with Crippen LogP contribution in [0.4, 0.5) is 0 Å². The number of hydrogen-bond donors (Lipinski definition) is 2. The molecule has 0 saturated heterocycles. The first-order valence-electron chi connectivity index (χ1n) is 7.07. The van der Waals surface area contributed by atoms with Gasteiger partial charge in [0.1, 0.15) is 5.54 Å². The lowest BCUT2D eigenvalue weighted by atomic mass is 9.97. The maximum absolute atomic E-state index is 11.4. The van der Waals surface area contributed by atoms with Gasteiger partial charge in [-0.3, -0.25) is 10.1 Å². The van der Waals surface area contributed by atoms with Crippen molar-refractivity contribution >= 4 is 5.97 Å². The van der Waals surface area contributed by atoms with E-state index in [9.17, 15) is 9.90 Å². The third-order valence-electron chi connectivity index (χ3n) is 3.89. The van der Waals surface area contributed by atoms with E-state index in [4.69, 9.17) is 0 Å². The number of nitrogens with one attached hydrogen (secondary N) is 1. The maximum Gasteiger partial charge on any atom is 0.323 e. The van der Waals surface area contributed by atoms with Crippen molar-refractivity contribution in [3.63, 3.8) is 0 Å². The molecule has 1 rings (SSSR count). The highest BCUT2D eigenvalue weighted by Gasteiger charge is 2.38. The third kappa shape index (κ3) is 4.94. The highest BCUT2D eigenvalue weighted by atomic mass is 16.4. The number of rotatable bonds is 9. The smallest absolute Gasteiger partial charge is 0.323 e. The lowest BCUT2D eigenvalue weighted by Gasteiger charge is -2.29. The van der Waals surface area contributed by atoms with Gasteiger partial charge >= 0.3 is 5.97 Å². The fourth-order valence-corrected chi connectivity index (χ4v) is 2.09. The Kier molecular flexibility index (Phi) is 5.60. The average molecular weight is 256 g/mol. The SMILES string of the molecule is CCC(C)CN(C)CCC(C)(NC1CC1)C(=O)O. The highest BCUT2D eigenvalue weighted by Crippen LogP contribution is 2.24. The van der Waals surface area contributed by atoms with Gasteiger partial charge in [-0.2, -0.15) is 0 Å². The summed E-state index contributed by atoms with van der Waals surface area (Å²) in [5, 5.41) is 12.6. The predicted octanol–water partition coefficient (Wildman–Crippen LogP) is 1.95. The van der Waals surface area contributed by atoms with Gasteiger partial charge in [-0.25, -0.2) is 0 Å². The van der Waals surface area contributed by atoms with Crippen molar-refractivity contribution in [3.8, 4) is 0 Å². The molecule has 106 valence electrons. The summed E-state index contributed by atoms with van der Waals surface area (Å²) in [6.07, 6.45) is 4.06. The number of carboxylic acids is 1. The van der Waals surface area contributed by atoms with Gasteiger partial charge < -0.3 is 10.0 Å². The van der Waals surface area contributed by atoms with Gasteiger partial charge in [0.15, 0.2) is 0 Å². The quantitative estimate of drug-likeness (QED) is 0.662. The van der Waals surface area contributed by atoms with E-state index in [0.717, 1.165) is 25.9 Å². The Bertz CT molecular complexity index is 279. The van der Waals surface area contributed by atoms with E-state index in [0.29, 0.717) is 18.4 Å². The van der Waals surface area contributed by atoms with Gasteiger partial charge in [0.25, 0.3) is 0 Å². The zero-order chi connectivity index (χ0) is 13.8. The molecule has 0 amide bonds. The molecule has 2 N–H and O–H groups in total. The van der Waals surface area contributed by atoms with E-state index in [1.165, 1.54) is 6.42 Å². The molecule has 1 saturated carbocycles. The van der Waals surface area contributed by atoms with Crippen LogP contribution >= 0.6 is 0 Å². The molecule has 1 aliphatic rings. The van der Waals surface area contributed by atoms with Crippen molar-refractivity contribution in [2.75, 3.05) is 20.1 Å². The Morgan fingerprint density at radius 1 is 1.56 bits per heavy atom. The summed E-state index contributed by atoms with van der Waals surface area (Å²) >= 11 is 0. The summed E-state index contributed by atoms with van der Waals surface area (Å²) in [6.45, 7) is 8.09. The Labute approximate surface area is 111 Å². The number of carboxylic acid groups (broad SMARTS) is 1. The third-order valence-corrected chi connectivity index (χ3v) is 3.89. The zero-order valence-corrected chi connectivity index (χ0v) is 12.2. The molecule has 4 heteroatoms. The number of nitrogens with zero attached hydrogens (tertiary/aromatic N) is 1. The van der Waals surface area contributed by atoms with Crippen LogP contribution in [-0.4, -0.2) is 47.7 Å². The van der Waals surface area contributed by atoms with Gasteiger partial charge in [-0.15, -0.1) is 0 Å². The van der Waals surface area contributed by atoms with Crippen molar-refractivity contribution < 1.29 is 9.90 Å². The molecule has 0 aromatic rings. The first-order chi connectivity index (χ1) is 8.37. The molecular formula is C14H28N2O2. The molecule has 1 aliphatic carbocycles. The first kappa shape index (κ1) is 15.4. The zero-order valence-electron chi connectivity index (χ0n) is 12.2. The maximum atomic E-state index is 11.4. The second-order valence-corrected chi connectivity index (χ2v) is 6.08. The molecule has 0 bridgehead atoms. The summed E-state index contributed by atoms with van der Waals surface area (Å²) in [6, 6.07) is 0.422. The van der Waals surface area contributed by atoms with E-state index in [1.807, 2.05) is 6.92 Å². The van der Waals surface area contributed by atoms with Crippen molar-refractivity contribution in [2.24, 2.45) is 5.92 Å². The first-order valence-corrected chi connectivity index (χ1v) is 7.07. The molecule has 2 unspecified atom stereocenters. The fraction of sp³-hybridized carbons (Fsp3) is 0.929. The monoisotopic (exact) mass is 256 g/mol. The molecule has 0 aromatic carbocycles. The molecule has 0 aliphatic heterocycles. The number of carbonyl (C=O) groups is 1. The molecule has 0 radical (unpaired) electrons. The summed E-state index contributed by atoms with van der Waals surface area (Å²) in [5.74, 6) is -0.0613. The molecule has 0 spiro atoms. The minimum atomic E-state index is -0.773. The van der Waals surface area contributed by atoms with Crippen LogP contribution in [0.5, 0.6) is 0 Å². The van der Waals surface area contributed by atoms with E-state index >= 15 is 0 Å². The van der Waals surface area contributed by atoms with Crippen LogP contribution in [0.25, 0.3) is 0 Å². The second-order valence-electron chi connectivity index (χ2n) is 6.08. The van der Waals surface area contributed by atoms with E-state index in [2.05, 4.69) is 31.1 Å². The van der Waals surface area contributed by atoms with Crippen LogP contribution in [-0.2, 0) is 4.79 Å². The molecule has 2 atom stereocenters. The van der Waals surface area contributed by atoms with E-state index in [-0.39, 0.29) is 0 Å². The fourth-order valence-electron chi connectivity index (χ4n) is 2.09. The van der Waals surface area contributed by atoms with Crippen LogP contribution in [0, 0.1) is 5.92 Å². The number of aliphatic carboxylic acids is 1. The summed E-state index contributed by atoms with van der Waals surface area (Å²) in [5.41, 5.74) is -0.773. The van der Waals surface area contributed by atoms with E-state index < -0.39 is 11.5 Å². The van der Waals surface area contributed by atoms with Crippen molar-refractivity contribution in [1.82, 2.24) is 10.2 Å². The molecule has 0 aromatic heterocycles. The number of hydrogen-bond acceptors (Lipinski definition) is 3. The van der Waals surface area contributed by atoms with E-state index in [1.54, 1.807) is 0 Å². The lowest BCUT2D eigenvalue weighted by Crippen LogP contribution is -2.52. The van der Waals surface area contributed by atoms with Gasteiger partial charge in [0.2, 0.25) is 0 Å². The molecule has 4 nitrogen and oxygen atoms in total. The van der Waals surface area contributed by atoms with Crippen molar-refractivity contribution in [3.05, 3.63) is 0 Å².